The molecule has 1 heterocycles. The van der Waals surface area contributed by atoms with Crippen molar-refractivity contribution >= 4 is 10.9 Å². The van der Waals surface area contributed by atoms with Crippen LogP contribution in [0.2, 0.25) is 0 Å². The van der Waals surface area contributed by atoms with E-state index in [9.17, 15) is 0 Å². The Balaban J connectivity index is 2.04. The van der Waals surface area contributed by atoms with Crippen LogP contribution in [0.4, 0.5) is 0 Å². The van der Waals surface area contributed by atoms with E-state index in [1.54, 1.807) is 0 Å². The number of likely N-dealkylation sites (N-methyl/N-ethyl adjacent to an activating group) is 1. The molecule has 0 amide bonds. The van der Waals surface area contributed by atoms with Crippen LogP contribution in [-0.2, 0) is 13.6 Å². The lowest BCUT2D eigenvalue weighted by Crippen LogP contribution is -2.26. The lowest BCUT2D eigenvalue weighted by molar-refractivity contribution is 0.399. The minimum absolute atomic E-state index is 0.829. The topological polar surface area (TPSA) is 33.1 Å². The Morgan fingerprint density at radius 2 is 2.06 bits per heavy atom. The zero-order chi connectivity index (χ0) is 12.3. The highest BCUT2D eigenvalue weighted by molar-refractivity contribution is 5.81. The quantitative estimate of drug-likeness (QED) is 0.787. The van der Waals surface area contributed by atoms with E-state index in [2.05, 4.69) is 47.6 Å². The molecule has 0 saturated carbocycles. The average molecular weight is 232 g/mol. The molecule has 0 aliphatic carbocycles. The van der Waals surface area contributed by atoms with Gasteiger partial charge in [0.25, 0.3) is 0 Å². The number of nitrogens with one attached hydrogen (secondary N) is 1. The predicted octanol–water partition coefficient (Wildman–Crippen LogP) is 1.22. The van der Waals surface area contributed by atoms with Crippen molar-refractivity contribution in [3.8, 4) is 0 Å². The number of benzene rings is 1. The number of para-hydroxylation sites is 1. The van der Waals surface area contributed by atoms with Crippen LogP contribution in [0.25, 0.3) is 10.9 Å². The van der Waals surface area contributed by atoms with Gasteiger partial charge < -0.3 is 10.2 Å². The van der Waals surface area contributed by atoms with Crippen LogP contribution in [-0.4, -0.2) is 41.9 Å². The molecule has 1 aromatic carbocycles. The molecule has 2 rings (SSSR count). The van der Waals surface area contributed by atoms with E-state index >= 15 is 0 Å². The fourth-order valence-corrected chi connectivity index (χ4v) is 1.93. The van der Waals surface area contributed by atoms with Crippen LogP contribution < -0.4 is 5.32 Å². The molecule has 4 nitrogen and oxygen atoms in total. The summed E-state index contributed by atoms with van der Waals surface area (Å²) in [7, 11) is 6.15. The summed E-state index contributed by atoms with van der Waals surface area (Å²) in [6, 6.07) is 8.34. The number of hydrogen-bond donors (Lipinski definition) is 1. The van der Waals surface area contributed by atoms with Crippen LogP contribution >= 0.6 is 0 Å². The average Bonchev–Trinajstić information content (AvgIpc) is 2.63. The van der Waals surface area contributed by atoms with Gasteiger partial charge in [-0.1, -0.05) is 18.2 Å². The lowest BCUT2D eigenvalue weighted by Gasteiger charge is -2.09. The van der Waals surface area contributed by atoms with Gasteiger partial charge in [0.15, 0.2) is 0 Å². The molecule has 2 aromatic rings. The van der Waals surface area contributed by atoms with Crippen LogP contribution in [0.1, 0.15) is 5.69 Å². The van der Waals surface area contributed by atoms with Gasteiger partial charge in [0.2, 0.25) is 0 Å². The van der Waals surface area contributed by atoms with E-state index in [4.69, 9.17) is 0 Å². The molecule has 0 aliphatic rings. The number of rotatable bonds is 5. The van der Waals surface area contributed by atoms with Crippen molar-refractivity contribution in [2.75, 3.05) is 27.2 Å². The Morgan fingerprint density at radius 3 is 2.82 bits per heavy atom. The van der Waals surface area contributed by atoms with Gasteiger partial charge in [0.05, 0.1) is 11.2 Å². The van der Waals surface area contributed by atoms with Gasteiger partial charge in [-0.05, 0) is 20.2 Å². The Kier molecular flexibility index (Phi) is 3.76. The van der Waals surface area contributed by atoms with E-state index in [0.717, 1.165) is 25.3 Å². The third-order valence-electron chi connectivity index (χ3n) is 2.86. The molecule has 4 heteroatoms. The molecule has 92 valence electrons. The maximum absolute atomic E-state index is 4.55. The SMILES string of the molecule is CN(C)CCNCc1nn(C)c2ccccc12. The molecule has 17 heavy (non-hydrogen) atoms. The summed E-state index contributed by atoms with van der Waals surface area (Å²) in [6.45, 7) is 2.86. The molecule has 0 bridgehead atoms. The van der Waals surface area contributed by atoms with Gasteiger partial charge in [-0.2, -0.15) is 5.10 Å². The van der Waals surface area contributed by atoms with Gasteiger partial charge in [0, 0.05) is 32.1 Å². The van der Waals surface area contributed by atoms with Crippen LogP contribution in [0, 0.1) is 0 Å². The summed E-state index contributed by atoms with van der Waals surface area (Å²) >= 11 is 0. The summed E-state index contributed by atoms with van der Waals surface area (Å²) in [5.74, 6) is 0. The third kappa shape index (κ3) is 2.84. The number of hydrogen-bond acceptors (Lipinski definition) is 3. The highest BCUT2D eigenvalue weighted by atomic mass is 15.3. The Hall–Kier alpha value is -1.39. The second kappa shape index (κ2) is 5.29. The van der Waals surface area contributed by atoms with Gasteiger partial charge in [-0.25, -0.2) is 0 Å². The summed E-state index contributed by atoms with van der Waals surface area (Å²) in [5, 5.41) is 9.21. The normalized spacial score (nSPS) is 11.5. The summed E-state index contributed by atoms with van der Waals surface area (Å²) in [4.78, 5) is 2.17. The Labute approximate surface area is 102 Å². The minimum atomic E-state index is 0.829. The first kappa shape index (κ1) is 12.1. The molecule has 0 radical (unpaired) electrons. The summed E-state index contributed by atoms with van der Waals surface area (Å²) in [6.07, 6.45) is 0. The van der Waals surface area contributed by atoms with Crippen LogP contribution in [0.3, 0.4) is 0 Å². The van der Waals surface area contributed by atoms with E-state index in [1.165, 1.54) is 10.9 Å². The number of aryl methyl sites for hydroxylation is 1. The fraction of sp³-hybridized carbons (Fsp3) is 0.462. The molecule has 0 unspecified atom stereocenters. The van der Waals surface area contributed by atoms with Crippen molar-refractivity contribution < 1.29 is 0 Å². The largest absolute Gasteiger partial charge is 0.310 e. The van der Waals surface area contributed by atoms with E-state index in [0.29, 0.717) is 0 Å². The summed E-state index contributed by atoms with van der Waals surface area (Å²) in [5.41, 5.74) is 2.32. The van der Waals surface area contributed by atoms with Crippen molar-refractivity contribution in [2.45, 2.75) is 6.54 Å². The van der Waals surface area contributed by atoms with Crippen LogP contribution in [0.15, 0.2) is 24.3 Å². The maximum Gasteiger partial charge on any atom is 0.0841 e. The zero-order valence-corrected chi connectivity index (χ0v) is 10.8. The van der Waals surface area contributed by atoms with Crippen molar-refractivity contribution in [3.05, 3.63) is 30.0 Å². The molecule has 0 atom stereocenters. The molecule has 1 aromatic heterocycles. The standard InChI is InChI=1S/C13H20N4/c1-16(2)9-8-14-10-12-11-6-4-5-7-13(11)17(3)15-12/h4-7,14H,8-10H2,1-3H3. The van der Waals surface area contributed by atoms with Crippen molar-refractivity contribution in [1.82, 2.24) is 20.0 Å². The molecule has 0 fully saturated rings. The predicted molar refractivity (Wildman–Crippen MR) is 71.0 cm³/mol. The number of fused-ring (bicyclic) bond motifs is 1. The lowest BCUT2D eigenvalue weighted by atomic mass is 10.2. The zero-order valence-electron chi connectivity index (χ0n) is 10.8. The molecule has 0 aliphatic heterocycles. The smallest absolute Gasteiger partial charge is 0.0841 e. The first-order valence-electron chi connectivity index (χ1n) is 5.94. The number of nitrogens with zero attached hydrogens (tertiary/aromatic N) is 3. The Morgan fingerprint density at radius 1 is 1.29 bits per heavy atom. The molecular formula is C13H20N4. The third-order valence-corrected chi connectivity index (χ3v) is 2.86. The van der Waals surface area contributed by atoms with E-state index in [1.807, 2.05) is 17.8 Å². The number of aromatic nitrogens is 2. The second-order valence-corrected chi connectivity index (χ2v) is 4.57. The highest BCUT2D eigenvalue weighted by Crippen LogP contribution is 2.16. The van der Waals surface area contributed by atoms with Gasteiger partial charge in [-0.15, -0.1) is 0 Å². The van der Waals surface area contributed by atoms with Crippen molar-refractivity contribution in [2.24, 2.45) is 7.05 Å². The minimum Gasteiger partial charge on any atom is -0.310 e. The Bertz CT molecular complexity index is 487. The molecular weight excluding hydrogens is 212 g/mol. The maximum atomic E-state index is 4.55. The monoisotopic (exact) mass is 232 g/mol. The van der Waals surface area contributed by atoms with Gasteiger partial charge >= 0.3 is 0 Å². The first-order chi connectivity index (χ1) is 8.18. The van der Waals surface area contributed by atoms with Crippen LogP contribution in [0.5, 0.6) is 0 Å². The second-order valence-electron chi connectivity index (χ2n) is 4.57. The van der Waals surface area contributed by atoms with Gasteiger partial charge in [-0.3, -0.25) is 4.68 Å². The summed E-state index contributed by atoms with van der Waals surface area (Å²) < 4.78 is 1.94. The van der Waals surface area contributed by atoms with E-state index < -0.39 is 0 Å². The van der Waals surface area contributed by atoms with Crippen molar-refractivity contribution in [3.63, 3.8) is 0 Å². The fourth-order valence-electron chi connectivity index (χ4n) is 1.93. The first-order valence-corrected chi connectivity index (χ1v) is 5.94. The molecule has 0 saturated heterocycles. The highest BCUT2D eigenvalue weighted by Gasteiger charge is 2.06. The van der Waals surface area contributed by atoms with Gasteiger partial charge in [0.1, 0.15) is 0 Å². The molecule has 0 spiro atoms. The van der Waals surface area contributed by atoms with Crippen molar-refractivity contribution in [1.29, 1.82) is 0 Å². The molecule has 1 N–H and O–H groups in total. The van der Waals surface area contributed by atoms with E-state index in [-0.39, 0.29) is 0 Å².